The summed E-state index contributed by atoms with van der Waals surface area (Å²) in [6.07, 6.45) is 0. The third-order valence-corrected chi connectivity index (χ3v) is 3.31. The van der Waals surface area contributed by atoms with Crippen molar-refractivity contribution in [1.82, 2.24) is 0 Å². The van der Waals surface area contributed by atoms with Gasteiger partial charge in [-0.2, -0.15) is 0 Å². The molecule has 0 radical (unpaired) electrons. The Morgan fingerprint density at radius 1 is 1.13 bits per heavy atom. The van der Waals surface area contributed by atoms with Crippen molar-refractivity contribution < 1.29 is 14.1 Å². The summed E-state index contributed by atoms with van der Waals surface area (Å²) in [6, 6.07) is 12.7. The largest absolute Gasteiger partial charge is 0.497 e. The van der Waals surface area contributed by atoms with Gasteiger partial charge in [0, 0.05) is 17.5 Å². The van der Waals surface area contributed by atoms with Crippen LogP contribution in [-0.2, 0) is 0 Å². The van der Waals surface area contributed by atoms with Gasteiger partial charge in [-0.3, -0.25) is 10.1 Å². The smallest absolute Gasteiger partial charge is 0.360 e. The molecule has 1 heterocycles. The average Bonchev–Trinajstić information content (AvgIpc) is 2.55. The molecule has 0 atom stereocenters. The third kappa shape index (κ3) is 2.84. The zero-order chi connectivity index (χ0) is 16.4. The summed E-state index contributed by atoms with van der Waals surface area (Å²) in [5, 5.41) is 14.5. The summed E-state index contributed by atoms with van der Waals surface area (Å²) in [5.74, 6) is 0.569. The van der Waals surface area contributed by atoms with E-state index in [4.69, 9.17) is 9.15 Å². The van der Waals surface area contributed by atoms with Crippen molar-refractivity contribution in [2.45, 2.75) is 0 Å². The normalized spacial score (nSPS) is 10.5. The number of anilines is 2. The minimum atomic E-state index is -0.621. The number of ether oxygens (including phenoxy) is 1. The van der Waals surface area contributed by atoms with Gasteiger partial charge in [0.2, 0.25) is 0 Å². The molecule has 0 saturated heterocycles. The van der Waals surface area contributed by atoms with E-state index in [0.717, 1.165) is 0 Å². The molecule has 0 fully saturated rings. The van der Waals surface area contributed by atoms with Gasteiger partial charge in [0.15, 0.2) is 0 Å². The number of methoxy groups -OCH3 is 1. The van der Waals surface area contributed by atoms with Gasteiger partial charge in [0.25, 0.3) is 5.69 Å². The van der Waals surface area contributed by atoms with Crippen molar-refractivity contribution in [3.63, 3.8) is 0 Å². The average molecular weight is 312 g/mol. The summed E-state index contributed by atoms with van der Waals surface area (Å²) in [6.45, 7) is 0. The Morgan fingerprint density at radius 2 is 1.91 bits per heavy atom. The molecule has 3 aromatic rings. The van der Waals surface area contributed by atoms with Crippen LogP contribution in [0.5, 0.6) is 5.75 Å². The number of benzene rings is 2. The van der Waals surface area contributed by atoms with Crippen LogP contribution in [0.4, 0.5) is 17.1 Å². The van der Waals surface area contributed by atoms with E-state index in [1.165, 1.54) is 19.2 Å². The molecule has 1 aromatic heterocycles. The van der Waals surface area contributed by atoms with Gasteiger partial charge in [0.05, 0.1) is 12.0 Å². The van der Waals surface area contributed by atoms with Crippen LogP contribution in [0, 0.1) is 10.1 Å². The van der Waals surface area contributed by atoms with E-state index in [-0.39, 0.29) is 17.1 Å². The number of nitro groups is 1. The first-order chi connectivity index (χ1) is 11.1. The minimum Gasteiger partial charge on any atom is -0.497 e. The lowest BCUT2D eigenvalue weighted by Gasteiger charge is -2.07. The number of nitrogens with one attached hydrogen (secondary N) is 1. The molecule has 0 aliphatic heterocycles. The molecule has 7 nitrogen and oxygen atoms in total. The number of fused-ring (bicyclic) bond motifs is 1. The van der Waals surface area contributed by atoms with Crippen molar-refractivity contribution in [1.29, 1.82) is 0 Å². The van der Waals surface area contributed by atoms with Crippen LogP contribution < -0.4 is 15.7 Å². The first-order valence-electron chi connectivity index (χ1n) is 6.71. The number of para-hydroxylation sites is 2. The summed E-state index contributed by atoms with van der Waals surface area (Å²) in [7, 11) is 1.52. The number of hydrogen-bond acceptors (Lipinski definition) is 6. The number of nitro benzene ring substituents is 1. The second kappa shape index (κ2) is 5.80. The van der Waals surface area contributed by atoms with E-state index in [9.17, 15) is 14.9 Å². The Balaban J connectivity index is 2.06. The molecular weight excluding hydrogens is 300 g/mol. The topological polar surface area (TPSA) is 94.6 Å². The molecule has 0 saturated carbocycles. The Kier molecular flexibility index (Phi) is 3.68. The molecule has 0 bridgehead atoms. The SMILES string of the molecule is COc1ccc2cc(Nc3ccccc3[N+](=O)[O-])c(=O)oc2c1. The monoisotopic (exact) mass is 312 g/mol. The van der Waals surface area contributed by atoms with E-state index in [1.54, 1.807) is 36.4 Å². The molecule has 7 heteroatoms. The quantitative estimate of drug-likeness (QED) is 0.450. The molecule has 3 rings (SSSR count). The molecule has 0 amide bonds. The Labute approximate surface area is 130 Å². The molecule has 2 aromatic carbocycles. The summed E-state index contributed by atoms with van der Waals surface area (Å²) >= 11 is 0. The van der Waals surface area contributed by atoms with Gasteiger partial charge in [-0.1, -0.05) is 12.1 Å². The highest BCUT2D eigenvalue weighted by Gasteiger charge is 2.14. The summed E-state index contributed by atoms with van der Waals surface area (Å²) < 4.78 is 10.3. The predicted molar refractivity (Wildman–Crippen MR) is 85.4 cm³/mol. The highest BCUT2D eigenvalue weighted by molar-refractivity contribution is 5.82. The van der Waals surface area contributed by atoms with E-state index >= 15 is 0 Å². The van der Waals surface area contributed by atoms with Gasteiger partial charge in [0.1, 0.15) is 22.7 Å². The van der Waals surface area contributed by atoms with Crippen LogP contribution in [0.3, 0.4) is 0 Å². The number of rotatable bonds is 4. The highest BCUT2D eigenvalue weighted by Crippen LogP contribution is 2.27. The maximum Gasteiger partial charge on any atom is 0.360 e. The van der Waals surface area contributed by atoms with Gasteiger partial charge < -0.3 is 14.5 Å². The highest BCUT2D eigenvalue weighted by atomic mass is 16.6. The Morgan fingerprint density at radius 3 is 2.65 bits per heavy atom. The maximum atomic E-state index is 12.1. The molecule has 23 heavy (non-hydrogen) atoms. The standard InChI is InChI=1S/C16H12N2O5/c1-22-11-7-6-10-8-13(16(19)23-15(10)9-11)17-12-4-2-3-5-14(12)18(20)21/h2-9,17H,1H3. The Bertz CT molecular complexity index is 949. The van der Waals surface area contributed by atoms with Gasteiger partial charge in [-0.25, -0.2) is 4.79 Å². The first kappa shape index (κ1) is 14.6. The van der Waals surface area contributed by atoms with Crippen LogP contribution in [0.1, 0.15) is 0 Å². The summed E-state index contributed by atoms with van der Waals surface area (Å²) in [4.78, 5) is 22.6. The lowest BCUT2D eigenvalue weighted by molar-refractivity contribution is -0.383. The van der Waals surface area contributed by atoms with E-state index < -0.39 is 10.5 Å². The first-order valence-corrected chi connectivity index (χ1v) is 6.71. The van der Waals surface area contributed by atoms with E-state index in [2.05, 4.69) is 5.32 Å². The Hall–Kier alpha value is -3.35. The zero-order valence-electron chi connectivity index (χ0n) is 12.1. The van der Waals surface area contributed by atoms with Crippen LogP contribution in [0.2, 0.25) is 0 Å². The van der Waals surface area contributed by atoms with Crippen molar-refractivity contribution in [2.24, 2.45) is 0 Å². The fraction of sp³-hybridized carbons (Fsp3) is 0.0625. The zero-order valence-corrected chi connectivity index (χ0v) is 12.1. The van der Waals surface area contributed by atoms with Crippen LogP contribution in [0.15, 0.2) is 57.7 Å². The fourth-order valence-corrected chi connectivity index (χ4v) is 2.19. The fourth-order valence-electron chi connectivity index (χ4n) is 2.19. The number of nitrogens with zero attached hydrogens (tertiary/aromatic N) is 1. The lowest BCUT2D eigenvalue weighted by Crippen LogP contribution is -2.07. The van der Waals surface area contributed by atoms with Crippen molar-refractivity contribution in [3.05, 3.63) is 69.1 Å². The predicted octanol–water partition coefficient (Wildman–Crippen LogP) is 3.45. The van der Waals surface area contributed by atoms with Gasteiger partial charge in [-0.05, 0) is 24.3 Å². The molecule has 116 valence electrons. The third-order valence-electron chi connectivity index (χ3n) is 3.31. The van der Waals surface area contributed by atoms with Crippen molar-refractivity contribution >= 4 is 28.0 Å². The van der Waals surface area contributed by atoms with Gasteiger partial charge in [-0.15, -0.1) is 0 Å². The van der Waals surface area contributed by atoms with Gasteiger partial charge >= 0.3 is 5.63 Å². The molecular formula is C16H12N2O5. The molecule has 0 unspecified atom stereocenters. The van der Waals surface area contributed by atoms with Crippen molar-refractivity contribution in [2.75, 3.05) is 12.4 Å². The second-order valence-electron chi connectivity index (χ2n) is 4.75. The van der Waals surface area contributed by atoms with Crippen LogP contribution in [-0.4, -0.2) is 12.0 Å². The van der Waals surface area contributed by atoms with E-state index in [0.29, 0.717) is 16.7 Å². The van der Waals surface area contributed by atoms with Crippen LogP contribution in [0.25, 0.3) is 11.0 Å². The molecule has 0 aliphatic rings. The van der Waals surface area contributed by atoms with Crippen molar-refractivity contribution in [3.8, 4) is 5.75 Å². The van der Waals surface area contributed by atoms with E-state index in [1.807, 2.05) is 0 Å². The second-order valence-corrected chi connectivity index (χ2v) is 4.75. The van der Waals surface area contributed by atoms with Crippen LogP contribution >= 0.6 is 0 Å². The minimum absolute atomic E-state index is 0.122. The molecule has 0 aliphatic carbocycles. The maximum absolute atomic E-state index is 12.1. The lowest BCUT2D eigenvalue weighted by atomic mass is 10.2. The molecule has 1 N–H and O–H groups in total. The number of hydrogen-bond donors (Lipinski definition) is 1. The molecule has 0 spiro atoms. The summed E-state index contributed by atoms with van der Waals surface area (Å²) in [5.41, 5.74) is -0.0253.